The summed E-state index contributed by atoms with van der Waals surface area (Å²) in [6.45, 7) is 7.88. The third kappa shape index (κ3) is 2.84. The topological polar surface area (TPSA) is 35.2 Å². The first kappa shape index (κ1) is 16.2. The molecule has 0 aliphatic carbocycles. The van der Waals surface area contributed by atoms with E-state index < -0.39 is 11.6 Å². The van der Waals surface area contributed by atoms with Crippen molar-refractivity contribution in [2.45, 2.75) is 33.6 Å². The molecule has 2 nitrogen and oxygen atoms in total. The van der Waals surface area contributed by atoms with Gasteiger partial charge in [0.05, 0.1) is 7.11 Å². The number of anilines is 1. The van der Waals surface area contributed by atoms with Crippen LogP contribution >= 0.6 is 0 Å². The van der Waals surface area contributed by atoms with Gasteiger partial charge in [0.2, 0.25) is 0 Å². The fraction of sp³-hybridized carbons (Fsp3) is 0.375. The van der Waals surface area contributed by atoms with E-state index in [9.17, 15) is 8.78 Å². The molecule has 0 radical (unpaired) electrons. The van der Waals surface area contributed by atoms with Gasteiger partial charge in [-0.1, -0.05) is 27.7 Å². The molecule has 2 rings (SSSR count). The predicted octanol–water partition coefficient (Wildman–Crippen LogP) is 4.86. The summed E-state index contributed by atoms with van der Waals surface area (Å²) in [5.74, 6) is -1.17. The quantitative estimate of drug-likeness (QED) is 0.798. The number of fused-ring (bicyclic) bond motifs is 1. The van der Waals surface area contributed by atoms with Crippen LogP contribution in [0.5, 0.6) is 5.75 Å². The number of nitrogens with two attached hydrogens (primary N) is 1. The van der Waals surface area contributed by atoms with Crippen molar-refractivity contribution < 1.29 is 13.5 Å². The number of methoxy groups -OCH3 is 1. The molecule has 0 aromatic heterocycles. The van der Waals surface area contributed by atoms with E-state index in [4.69, 9.17) is 10.5 Å². The first-order valence-corrected chi connectivity index (χ1v) is 6.70. The normalized spacial score (nSPS) is 10.4. The number of ether oxygens (including phenoxy) is 1. The molecule has 0 bridgehead atoms. The lowest BCUT2D eigenvalue weighted by Crippen LogP contribution is -1.99. The highest BCUT2D eigenvalue weighted by Gasteiger charge is 2.18. The molecule has 0 aliphatic rings. The monoisotopic (exact) mass is 281 g/mol. The Morgan fingerprint density at radius 3 is 2.15 bits per heavy atom. The van der Waals surface area contributed by atoms with Gasteiger partial charge in [0.25, 0.3) is 0 Å². The number of benzene rings is 2. The largest absolute Gasteiger partial charge is 0.493 e. The Morgan fingerprint density at radius 1 is 1.05 bits per heavy atom. The lowest BCUT2D eigenvalue weighted by molar-refractivity contribution is 0.389. The van der Waals surface area contributed by atoms with Crippen molar-refractivity contribution in [1.82, 2.24) is 0 Å². The third-order valence-corrected chi connectivity index (χ3v) is 2.97. The molecule has 0 saturated carbocycles. The second-order valence-electron chi connectivity index (χ2n) is 4.56. The van der Waals surface area contributed by atoms with Gasteiger partial charge in [-0.2, -0.15) is 0 Å². The van der Waals surface area contributed by atoms with Crippen molar-refractivity contribution in [2.24, 2.45) is 0 Å². The maximum atomic E-state index is 13.8. The minimum Gasteiger partial charge on any atom is -0.493 e. The van der Waals surface area contributed by atoms with E-state index in [0.717, 1.165) is 11.6 Å². The van der Waals surface area contributed by atoms with Gasteiger partial charge in [-0.3, -0.25) is 0 Å². The van der Waals surface area contributed by atoms with E-state index in [1.165, 1.54) is 13.2 Å². The average Bonchev–Trinajstić information content (AvgIpc) is 2.41. The van der Waals surface area contributed by atoms with E-state index >= 15 is 0 Å². The van der Waals surface area contributed by atoms with Crippen molar-refractivity contribution >= 4 is 16.5 Å². The van der Waals surface area contributed by atoms with Crippen LogP contribution in [-0.4, -0.2) is 7.11 Å². The lowest BCUT2D eigenvalue weighted by Gasteiger charge is -2.15. The van der Waals surface area contributed by atoms with Gasteiger partial charge >= 0.3 is 0 Å². The zero-order valence-electron chi connectivity index (χ0n) is 12.6. The van der Waals surface area contributed by atoms with Crippen molar-refractivity contribution in [1.29, 1.82) is 0 Å². The fourth-order valence-electron chi connectivity index (χ4n) is 2.16. The fourth-order valence-corrected chi connectivity index (χ4v) is 2.16. The third-order valence-electron chi connectivity index (χ3n) is 2.97. The van der Waals surface area contributed by atoms with E-state index in [0.29, 0.717) is 11.1 Å². The Bertz CT molecular complexity index is 609. The van der Waals surface area contributed by atoms with Gasteiger partial charge in [-0.15, -0.1) is 0 Å². The summed E-state index contributed by atoms with van der Waals surface area (Å²) in [7, 11) is 1.37. The Labute approximate surface area is 118 Å². The first-order valence-electron chi connectivity index (χ1n) is 6.70. The van der Waals surface area contributed by atoms with Crippen molar-refractivity contribution in [3.05, 3.63) is 35.4 Å². The van der Waals surface area contributed by atoms with Crippen LogP contribution in [0.4, 0.5) is 14.5 Å². The van der Waals surface area contributed by atoms with Crippen LogP contribution in [0.2, 0.25) is 0 Å². The van der Waals surface area contributed by atoms with Crippen LogP contribution in [0.1, 0.15) is 39.2 Å². The number of rotatable bonds is 2. The molecule has 2 aromatic carbocycles. The molecule has 0 aliphatic heterocycles. The molecule has 110 valence electrons. The van der Waals surface area contributed by atoms with Gasteiger partial charge < -0.3 is 10.5 Å². The summed E-state index contributed by atoms with van der Waals surface area (Å²) in [5, 5.41) is 0.746. The SMILES string of the molecule is CC.COc1c(F)cc(F)c2cc(N)cc(C(C)C)c12. The molecule has 0 atom stereocenters. The summed E-state index contributed by atoms with van der Waals surface area (Å²) < 4.78 is 32.6. The lowest BCUT2D eigenvalue weighted by atomic mass is 9.94. The highest BCUT2D eigenvalue weighted by atomic mass is 19.1. The van der Waals surface area contributed by atoms with Gasteiger partial charge in [0, 0.05) is 22.5 Å². The minimum atomic E-state index is -0.700. The number of hydrogen-bond donors (Lipinski definition) is 1. The van der Waals surface area contributed by atoms with Crippen molar-refractivity contribution in [2.75, 3.05) is 12.8 Å². The predicted molar refractivity (Wildman–Crippen MR) is 80.3 cm³/mol. The van der Waals surface area contributed by atoms with E-state index in [-0.39, 0.29) is 17.1 Å². The van der Waals surface area contributed by atoms with Gasteiger partial charge in [-0.05, 0) is 23.6 Å². The molecule has 0 spiro atoms. The molecule has 2 aromatic rings. The van der Waals surface area contributed by atoms with Crippen LogP contribution in [0.3, 0.4) is 0 Å². The molecule has 0 heterocycles. The van der Waals surface area contributed by atoms with Crippen LogP contribution in [0.15, 0.2) is 18.2 Å². The van der Waals surface area contributed by atoms with Crippen LogP contribution in [-0.2, 0) is 0 Å². The summed E-state index contributed by atoms with van der Waals surface area (Å²) in [6.07, 6.45) is 0. The van der Waals surface area contributed by atoms with Gasteiger partial charge in [-0.25, -0.2) is 8.78 Å². The van der Waals surface area contributed by atoms with E-state index in [2.05, 4.69) is 0 Å². The zero-order chi connectivity index (χ0) is 15.4. The molecule has 0 fully saturated rings. The molecule has 0 amide bonds. The number of nitrogen functional groups attached to an aromatic ring is 1. The smallest absolute Gasteiger partial charge is 0.168 e. The summed E-state index contributed by atoms with van der Waals surface area (Å²) in [5.41, 5.74) is 6.99. The highest BCUT2D eigenvalue weighted by molar-refractivity contribution is 5.94. The van der Waals surface area contributed by atoms with Gasteiger partial charge in [0.15, 0.2) is 11.6 Å². The summed E-state index contributed by atoms with van der Waals surface area (Å²) in [4.78, 5) is 0. The number of hydrogen-bond acceptors (Lipinski definition) is 2. The first-order chi connectivity index (χ1) is 9.45. The maximum Gasteiger partial charge on any atom is 0.168 e. The Balaban J connectivity index is 0.000000956. The van der Waals surface area contributed by atoms with Crippen molar-refractivity contribution in [3.8, 4) is 5.75 Å². The van der Waals surface area contributed by atoms with E-state index in [1.807, 2.05) is 27.7 Å². The van der Waals surface area contributed by atoms with Gasteiger partial charge in [0.1, 0.15) is 5.82 Å². The Morgan fingerprint density at radius 2 is 1.65 bits per heavy atom. The molecular formula is C16H21F2NO. The highest BCUT2D eigenvalue weighted by Crippen LogP contribution is 2.38. The maximum absolute atomic E-state index is 13.8. The molecule has 2 N–H and O–H groups in total. The Hall–Kier alpha value is -1.84. The minimum absolute atomic E-state index is 0.0649. The molecular weight excluding hydrogens is 260 g/mol. The van der Waals surface area contributed by atoms with E-state index in [1.54, 1.807) is 6.07 Å². The Kier molecular flexibility index (Phi) is 5.31. The standard InChI is InChI=1S/C14H15F2NO.C2H6/c1-7(2)9-4-8(17)5-10-11(15)6-12(16)14(18-3)13(9)10;1-2/h4-7H,17H2,1-3H3;1-2H3. The summed E-state index contributed by atoms with van der Waals surface area (Å²) in [6, 6.07) is 4.05. The molecule has 0 saturated heterocycles. The molecule has 4 heteroatoms. The second kappa shape index (κ2) is 6.55. The second-order valence-corrected chi connectivity index (χ2v) is 4.56. The summed E-state index contributed by atoms with van der Waals surface area (Å²) >= 11 is 0. The molecule has 0 unspecified atom stereocenters. The number of halogens is 2. The van der Waals surface area contributed by atoms with Crippen LogP contribution in [0, 0.1) is 11.6 Å². The van der Waals surface area contributed by atoms with Crippen LogP contribution in [0.25, 0.3) is 10.8 Å². The van der Waals surface area contributed by atoms with Crippen molar-refractivity contribution in [3.63, 3.8) is 0 Å². The van der Waals surface area contributed by atoms with Crippen LogP contribution < -0.4 is 10.5 Å². The molecule has 20 heavy (non-hydrogen) atoms. The average molecular weight is 281 g/mol. The zero-order valence-corrected chi connectivity index (χ0v) is 12.6.